The minimum absolute atomic E-state index is 0.275. The van der Waals surface area contributed by atoms with Gasteiger partial charge in [-0.15, -0.1) is 0 Å². The van der Waals surface area contributed by atoms with E-state index in [1.807, 2.05) is 6.92 Å². The largest absolute Gasteiger partial charge is 0.494 e. The van der Waals surface area contributed by atoms with E-state index < -0.39 is 0 Å². The monoisotopic (exact) mass is 290 g/mol. The van der Waals surface area contributed by atoms with Gasteiger partial charge in [0.25, 0.3) is 5.91 Å². The summed E-state index contributed by atoms with van der Waals surface area (Å²) in [6, 6.07) is 11.9. The lowest BCUT2D eigenvalue weighted by Crippen LogP contribution is -2.13. The molecule has 0 saturated carbocycles. The lowest BCUT2D eigenvalue weighted by Gasteiger charge is -2.09. The molecule has 1 amide bonds. The molecular weight excluding hydrogens is 276 g/mol. The van der Waals surface area contributed by atoms with Crippen molar-refractivity contribution < 1.29 is 9.53 Å². The van der Waals surface area contributed by atoms with Crippen LogP contribution in [0.5, 0.6) is 5.75 Å². The van der Waals surface area contributed by atoms with Gasteiger partial charge in [-0.3, -0.25) is 4.79 Å². The fourth-order valence-corrected chi connectivity index (χ4v) is 1.92. The van der Waals surface area contributed by atoms with Crippen LogP contribution in [0.25, 0.3) is 0 Å². The number of nitrogens with one attached hydrogen (secondary N) is 1. The van der Waals surface area contributed by atoms with Gasteiger partial charge in [-0.2, -0.15) is 0 Å². The average Bonchev–Trinajstić information content (AvgIpc) is 2.41. The predicted octanol–water partition coefficient (Wildman–Crippen LogP) is 3.57. The van der Waals surface area contributed by atoms with E-state index in [1.54, 1.807) is 42.5 Å². The number of carbonyl (C=O) groups excluding carboxylic acids is 1. The van der Waals surface area contributed by atoms with Crippen LogP contribution < -0.4 is 15.8 Å². The van der Waals surface area contributed by atoms with Gasteiger partial charge in [-0.1, -0.05) is 11.6 Å². The van der Waals surface area contributed by atoms with Crippen LogP contribution in [0.3, 0.4) is 0 Å². The minimum atomic E-state index is -0.275. The van der Waals surface area contributed by atoms with Crippen molar-refractivity contribution in [1.82, 2.24) is 0 Å². The molecule has 2 aromatic carbocycles. The maximum atomic E-state index is 12.1. The van der Waals surface area contributed by atoms with Crippen LogP contribution in [-0.2, 0) is 0 Å². The Hall–Kier alpha value is -2.20. The van der Waals surface area contributed by atoms with Gasteiger partial charge in [0.05, 0.1) is 12.2 Å². The molecule has 4 nitrogen and oxygen atoms in total. The molecule has 0 saturated heterocycles. The van der Waals surface area contributed by atoms with E-state index in [0.29, 0.717) is 28.6 Å². The quantitative estimate of drug-likeness (QED) is 0.846. The minimum Gasteiger partial charge on any atom is -0.494 e. The van der Waals surface area contributed by atoms with Gasteiger partial charge in [0.1, 0.15) is 5.75 Å². The van der Waals surface area contributed by atoms with Crippen molar-refractivity contribution in [1.29, 1.82) is 0 Å². The van der Waals surface area contributed by atoms with Crippen LogP contribution in [0.2, 0.25) is 5.02 Å². The van der Waals surface area contributed by atoms with Gasteiger partial charge < -0.3 is 15.8 Å². The molecule has 0 aliphatic carbocycles. The summed E-state index contributed by atoms with van der Waals surface area (Å²) < 4.78 is 5.34. The van der Waals surface area contributed by atoms with E-state index in [1.165, 1.54) is 0 Å². The van der Waals surface area contributed by atoms with E-state index >= 15 is 0 Å². The first-order valence-corrected chi connectivity index (χ1v) is 6.57. The highest BCUT2D eigenvalue weighted by molar-refractivity contribution is 6.31. The Kier molecular flexibility index (Phi) is 4.48. The molecule has 0 aromatic heterocycles. The zero-order valence-corrected chi connectivity index (χ0v) is 11.8. The predicted molar refractivity (Wildman–Crippen MR) is 81.4 cm³/mol. The highest BCUT2D eigenvalue weighted by Gasteiger charge is 2.10. The first kappa shape index (κ1) is 14.2. The van der Waals surface area contributed by atoms with Gasteiger partial charge in [-0.25, -0.2) is 0 Å². The van der Waals surface area contributed by atoms with Gasteiger partial charge in [0, 0.05) is 16.4 Å². The Balaban J connectivity index is 2.11. The number of anilines is 2. The summed E-state index contributed by atoms with van der Waals surface area (Å²) in [5, 5.41) is 3.27. The number of nitrogens with two attached hydrogens (primary N) is 1. The van der Waals surface area contributed by atoms with E-state index in [0.717, 1.165) is 5.75 Å². The first-order chi connectivity index (χ1) is 9.60. The van der Waals surface area contributed by atoms with Crippen LogP contribution in [0.1, 0.15) is 17.3 Å². The molecule has 0 radical (unpaired) electrons. The van der Waals surface area contributed by atoms with Gasteiger partial charge in [0.15, 0.2) is 0 Å². The van der Waals surface area contributed by atoms with E-state index in [2.05, 4.69) is 5.32 Å². The Morgan fingerprint density at radius 3 is 2.55 bits per heavy atom. The zero-order chi connectivity index (χ0) is 14.5. The van der Waals surface area contributed by atoms with Crippen molar-refractivity contribution in [2.75, 3.05) is 17.7 Å². The molecule has 0 unspecified atom stereocenters. The molecule has 20 heavy (non-hydrogen) atoms. The number of halogens is 1. The summed E-state index contributed by atoms with van der Waals surface area (Å²) >= 11 is 5.80. The highest BCUT2D eigenvalue weighted by atomic mass is 35.5. The van der Waals surface area contributed by atoms with Crippen LogP contribution in [0, 0.1) is 0 Å². The maximum absolute atomic E-state index is 12.1. The molecule has 0 spiro atoms. The van der Waals surface area contributed by atoms with Crippen molar-refractivity contribution in [3.8, 4) is 5.75 Å². The molecule has 0 heterocycles. The van der Waals surface area contributed by atoms with Crippen molar-refractivity contribution in [2.24, 2.45) is 0 Å². The molecule has 0 fully saturated rings. The Morgan fingerprint density at radius 2 is 1.95 bits per heavy atom. The number of hydrogen-bond donors (Lipinski definition) is 2. The molecule has 0 bridgehead atoms. The number of benzene rings is 2. The van der Waals surface area contributed by atoms with Crippen LogP contribution in [0.4, 0.5) is 11.4 Å². The van der Waals surface area contributed by atoms with Crippen molar-refractivity contribution in [2.45, 2.75) is 6.92 Å². The second-order valence-electron chi connectivity index (χ2n) is 4.14. The molecule has 5 heteroatoms. The van der Waals surface area contributed by atoms with Gasteiger partial charge in [0.2, 0.25) is 0 Å². The third kappa shape index (κ3) is 3.42. The van der Waals surface area contributed by atoms with Crippen molar-refractivity contribution >= 4 is 28.9 Å². The van der Waals surface area contributed by atoms with Crippen molar-refractivity contribution in [3.05, 3.63) is 53.1 Å². The molecular formula is C15H15ClN2O2. The van der Waals surface area contributed by atoms with Crippen molar-refractivity contribution in [3.63, 3.8) is 0 Å². The van der Waals surface area contributed by atoms with E-state index in [-0.39, 0.29) is 5.91 Å². The van der Waals surface area contributed by atoms with Gasteiger partial charge in [-0.05, 0) is 49.4 Å². The zero-order valence-electron chi connectivity index (χ0n) is 11.0. The Morgan fingerprint density at radius 1 is 1.25 bits per heavy atom. The normalized spacial score (nSPS) is 10.1. The van der Waals surface area contributed by atoms with E-state index in [9.17, 15) is 4.79 Å². The smallest absolute Gasteiger partial charge is 0.257 e. The molecule has 3 N–H and O–H groups in total. The van der Waals surface area contributed by atoms with Gasteiger partial charge >= 0.3 is 0 Å². The third-order valence-electron chi connectivity index (χ3n) is 2.68. The summed E-state index contributed by atoms with van der Waals surface area (Å²) in [5.74, 6) is 0.486. The number of carbonyl (C=O) groups is 1. The fourth-order valence-electron chi connectivity index (χ4n) is 1.74. The standard InChI is InChI=1S/C15H15ClN2O2/c1-2-20-12-6-4-11(5-7-12)18-15(19)13-8-3-10(16)9-14(13)17/h3-9H,2,17H2,1H3,(H,18,19). The summed E-state index contributed by atoms with van der Waals surface area (Å²) in [7, 11) is 0. The summed E-state index contributed by atoms with van der Waals surface area (Å²) in [6.45, 7) is 2.52. The number of hydrogen-bond acceptors (Lipinski definition) is 3. The maximum Gasteiger partial charge on any atom is 0.257 e. The molecule has 104 valence electrons. The molecule has 0 atom stereocenters. The van der Waals surface area contributed by atoms with Crippen LogP contribution >= 0.6 is 11.6 Å². The molecule has 2 rings (SSSR count). The number of ether oxygens (including phenoxy) is 1. The van der Waals surface area contributed by atoms with E-state index in [4.69, 9.17) is 22.1 Å². The highest BCUT2D eigenvalue weighted by Crippen LogP contribution is 2.20. The topological polar surface area (TPSA) is 64.3 Å². The summed E-state index contributed by atoms with van der Waals surface area (Å²) in [5.41, 5.74) is 7.19. The lowest BCUT2D eigenvalue weighted by atomic mass is 10.1. The first-order valence-electron chi connectivity index (χ1n) is 6.19. The summed E-state index contributed by atoms with van der Waals surface area (Å²) in [4.78, 5) is 12.1. The number of nitrogen functional groups attached to an aromatic ring is 1. The fraction of sp³-hybridized carbons (Fsp3) is 0.133. The number of rotatable bonds is 4. The molecule has 2 aromatic rings. The number of amides is 1. The lowest BCUT2D eigenvalue weighted by molar-refractivity contribution is 0.102. The van der Waals surface area contributed by atoms with Crippen LogP contribution in [0.15, 0.2) is 42.5 Å². The SMILES string of the molecule is CCOc1ccc(NC(=O)c2ccc(Cl)cc2N)cc1. The van der Waals surface area contributed by atoms with Crippen LogP contribution in [-0.4, -0.2) is 12.5 Å². The second kappa shape index (κ2) is 6.30. The third-order valence-corrected chi connectivity index (χ3v) is 2.92. The second-order valence-corrected chi connectivity index (χ2v) is 4.58. The average molecular weight is 291 g/mol. The Bertz CT molecular complexity index is 612. The molecule has 0 aliphatic heterocycles. The molecule has 0 aliphatic rings. The summed E-state index contributed by atoms with van der Waals surface area (Å²) in [6.07, 6.45) is 0. The Labute approximate surface area is 122 Å².